The summed E-state index contributed by atoms with van der Waals surface area (Å²) >= 11 is 3.42. The van der Waals surface area contributed by atoms with Crippen molar-refractivity contribution in [1.82, 2.24) is 15.0 Å². The van der Waals surface area contributed by atoms with Crippen molar-refractivity contribution < 1.29 is 9.32 Å². The van der Waals surface area contributed by atoms with Gasteiger partial charge in [-0.1, -0.05) is 57.5 Å². The van der Waals surface area contributed by atoms with Crippen LogP contribution in [0.4, 0.5) is 10.5 Å². The van der Waals surface area contributed by atoms with Gasteiger partial charge in [-0.2, -0.15) is 4.98 Å². The van der Waals surface area contributed by atoms with E-state index in [4.69, 9.17) is 4.52 Å². The Hall–Kier alpha value is -2.67. The lowest BCUT2D eigenvalue weighted by atomic mass is 9.98. The first kappa shape index (κ1) is 17.7. The second-order valence-corrected chi connectivity index (χ2v) is 7.46. The predicted octanol–water partition coefficient (Wildman–Crippen LogP) is 4.91. The summed E-state index contributed by atoms with van der Waals surface area (Å²) in [5.74, 6) is 1.23. The molecule has 1 atom stereocenters. The van der Waals surface area contributed by atoms with Crippen LogP contribution in [0.25, 0.3) is 11.4 Å². The zero-order valence-corrected chi connectivity index (χ0v) is 16.2. The SMILES string of the molecule is O=C(Nc1cccc(Br)c1)N1CCCC(c2nc(-c3ccccc3)no2)C1. The molecular formula is C20H19BrN4O2. The van der Waals surface area contributed by atoms with Crippen LogP contribution in [0, 0.1) is 0 Å². The van der Waals surface area contributed by atoms with Gasteiger partial charge >= 0.3 is 6.03 Å². The van der Waals surface area contributed by atoms with Crippen molar-refractivity contribution in [2.45, 2.75) is 18.8 Å². The van der Waals surface area contributed by atoms with E-state index in [1.165, 1.54) is 0 Å². The van der Waals surface area contributed by atoms with E-state index in [1.807, 2.05) is 59.5 Å². The van der Waals surface area contributed by atoms with Crippen LogP contribution >= 0.6 is 15.9 Å². The fourth-order valence-electron chi connectivity index (χ4n) is 3.24. The van der Waals surface area contributed by atoms with Gasteiger partial charge in [0.1, 0.15) is 0 Å². The number of nitrogens with one attached hydrogen (secondary N) is 1. The lowest BCUT2D eigenvalue weighted by Crippen LogP contribution is -2.41. The molecule has 0 spiro atoms. The van der Waals surface area contributed by atoms with Crippen molar-refractivity contribution in [1.29, 1.82) is 0 Å². The van der Waals surface area contributed by atoms with Crippen LogP contribution < -0.4 is 5.32 Å². The van der Waals surface area contributed by atoms with Gasteiger partial charge in [0.05, 0.1) is 5.92 Å². The van der Waals surface area contributed by atoms with E-state index in [9.17, 15) is 4.79 Å². The topological polar surface area (TPSA) is 71.3 Å². The number of hydrogen-bond donors (Lipinski definition) is 1. The highest BCUT2D eigenvalue weighted by atomic mass is 79.9. The van der Waals surface area contributed by atoms with E-state index in [2.05, 4.69) is 31.4 Å². The molecule has 7 heteroatoms. The summed E-state index contributed by atoms with van der Waals surface area (Å²) in [6.07, 6.45) is 1.83. The van der Waals surface area contributed by atoms with Crippen LogP contribution in [0.5, 0.6) is 0 Å². The molecule has 27 heavy (non-hydrogen) atoms. The Balaban J connectivity index is 1.44. The van der Waals surface area contributed by atoms with Gasteiger partial charge < -0.3 is 14.7 Å². The van der Waals surface area contributed by atoms with Crippen molar-refractivity contribution in [3.05, 3.63) is 65.0 Å². The molecule has 2 aromatic carbocycles. The molecule has 1 saturated heterocycles. The van der Waals surface area contributed by atoms with Gasteiger partial charge in [-0.05, 0) is 31.0 Å². The molecule has 6 nitrogen and oxygen atoms in total. The van der Waals surface area contributed by atoms with Crippen molar-refractivity contribution in [3.8, 4) is 11.4 Å². The van der Waals surface area contributed by atoms with E-state index >= 15 is 0 Å². The molecule has 1 aliphatic rings. The number of carbonyl (C=O) groups excluding carboxylic acids is 1. The van der Waals surface area contributed by atoms with Gasteiger partial charge in [-0.25, -0.2) is 4.79 Å². The number of amides is 2. The van der Waals surface area contributed by atoms with Gasteiger partial charge in [0.15, 0.2) is 0 Å². The fraction of sp³-hybridized carbons (Fsp3) is 0.250. The number of aromatic nitrogens is 2. The minimum absolute atomic E-state index is 0.0528. The number of anilines is 1. The molecule has 1 aromatic heterocycles. The number of nitrogens with zero attached hydrogens (tertiary/aromatic N) is 3. The van der Waals surface area contributed by atoms with E-state index < -0.39 is 0 Å². The second-order valence-electron chi connectivity index (χ2n) is 6.55. The third-order valence-electron chi connectivity index (χ3n) is 4.61. The molecule has 3 aromatic rings. The number of piperidine rings is 1. The summed E-state index contributed by atoms with van der Waals surface area (Å²) in [7, 11) is 0. The molecule has 2 heterocycles. The number of rotatable bonds is 3. The average Bonchev–Trinajstić information content (AvgIpc) is 3.19. The fourth-order valence-corrected chi connectivity index (χ4v) is 3.64. The van der Waals surface area contributed by atoms with Crippen LogP contribution in [0.2, 0.25) is 0 Å². The van der Waals surface area contributed by atoms with Crippen LogP contribution in [-0.4, -0.2) is 34.2 Å². The first-order valence-corrected chi connectivity index (χ1v) is 9.69. The van der Waals surface area contributed by atoms with Gasteiger partial charge in [-0.3, -0.25) is 0 Å². The van der Waals surface area contributed by atoms with Crippen molar-refractivity contribution in [2.75, 3.05) is 18.4 Å². The smallest absolute Gasteiger partial charge is 0.321 e. The van der Waals surface area contributed by atoms with E-state index in [-0.39, 0.29) is 11.9 Å². The molecule has 138 valence electrons. The third kappa shape index (κ3) is 4.19. The Morgan fingerprint density at radius 2 is 2.04 bits per heavy atom. The lowest BCUT2D eigenvalue weighted by Gasteiger charge is -2.31. The Bertz CT molecular complexity index is 928. The van der Waals surface area contributed by atoms with Crippen LogP contribution in [0.1, 0.15) is 24.7 Å². The zero-order chi connectivity index (χ0) is 18.6. The molecule has 1 fully saturated rings. The molecule has 0 saturated carbocycles. The molecule has 1 aliphatic heterocycles. The monoisotopic (exact) mass is 426 g/mol. The maximum absolute atomic E-state index is 12.6. The lowest BCUT2D eigenvalue weighted by molar-refractivity contribution is 0.184. The summed E-state index contributed by atoms with van der Waals surface area (Å²) in [6.45, 7) is 1.28. The van der Waals surface area contributed by atoms with E-state index in [0.717, 1.165) is 35.1 Å². The van der Waals surface area contributed by atoms with Crippen molar-refractivity contribution in [2.24, 2.45) is 0 Å². The van der Waals surface area contributed by atoms with E-state index in [1.54, 1.807) is 0 Å². The third-order valence-corrected chi connectivity index (χ3v) is 5.10. The normalized spacial score (nSPS) is 16.9. The quantitative estimate of drug-likeness (QED) is 0.645. The van der Waals surface area contributed by atoms with Crippen LogP contribution in [-0.2, 0) is 0 Å². The number of benzene rings is 2. The number of hydrogen-bond acceptors (Lipinski definition) is 4. The summed E-state index contributed by atoms with van der Waals surface area (Å²) in [6, 6.07) is 17.2. The predicted molar refractivity (Wildman–Crippen MR) is 106 cm³/mol. The minimum Gasteiger partial charge on any atom is -0.339 e. The zero-order valence-electron chi connectivity index (χ0n) is 14.6. The second kappa shape index (κ2) is 7.92. The standard InChI is InChI=1S/C20H19BrN4O2/c21-16-9-4-10-17(12-16)22-20(26)25-11-5-8-15(13-25)19-23-18(24-27-19)14-6-2-1-3-7-14/h1-4,6-7,9-10,12,15H,5,8,11,13H2,(H,22,26). The first-order chi connectivity index (χ1) is 13.2. The van der Waals surface area contributed by atoms with Crippen LogP contribution in [0.15, 0.2) is 63.6 Å². The molecule has 0 bridgehead atoms. The van der Waals surface area contributed by atoms with Crippen molar-refractivity contribution in [3.63, 3.8) is 0 Å². The maximum Gasteiger partial charge on any atom is 0.321 e. The highest BCUT2D eigenvalue weighted by molar-refractivity contribution is 9.10. The Kier molecular flexibility index (Phi) is 5.20. The maximum atomic E-state index is 12.6. The molecule has 4 rings (SSSR count). The number of carbonyl (C=O) groups is 1. The van der Waals surface area contributed by atoms with Crippen LogP contribution in [0.3, 0.4) is 0 Å². The highest BCUT2D eigenvalue weighted by Crippen LogP contribution is 2.28. The van der Waals surface area contributed by atoms with E-state index in [0.29, 0.717) is 18.3 Å². The molecule has 0 aliphatic carbocycles. The molecular weight excluding hydrogens is 408 g/mol. The Morgan fingerprint density at radius 1 is 1.19 bits per heavy atom. The molecule has 2 amide bonds. The largest absolute Gasteiger partial charge is 0.339 e. The van der Waals surface area contributed by atoms with Gasteiger partial charge in [0.2, 0.25) is 11.7 Å². The highest BCUT2D eigenvalue weighted by Gasteiger charge is 2.28. The number of likely N-dealkylation sites (tertiary alicyclic amines) is 1. The Labute approximate surface area is 165 Å². The van der Waals surface area contributed by atoms with Gasteiger partial charge in [0, 0.05) is 28.8 Å². The minimum atomic E-state index is -0.111. The van der Waals surface area contributed by atoms with Crippen molar-refractivity contribution >= 4 is 27.6 Å². The van der Waals surface area contributed by atoms with Gasteiger partial charge in [-0.15, -0.1) is 0 Å². The number of halogens is 1. The summed E-state index contributed by atoms with van der Waals surface area (Å²) in [5.41, 5.74) is 1.69. The first-order valence-electron chi connectivity index (χ1n) is 8.89. The number of urea groups is 1. The molecule has 1 unspecified atom stereocenters. The average molecular weight is 427 g/mol. The van der Waals surface area contributed by atoms with Gasteiger partial charge in [0.25, 0.3) is 0 Å². The Morgan fingerprint density at radius 3 is 2.85 bits per heavy atom. The molecule has 0 radical (unpaired) electrons. The summed E-state index contributed by atoms with van der Waals surface area (Å²) in [5, 5.41) is 7.04. The molecule has 1 N–H and O–H groups in total. The summed E-state index contributed by atoms with van der Waals surface area (Å²) in [4.78, 5) is 19.0. The summed E-state index contributed by atoms with van der Waals surface area (Å²) < 4.78 is 6.42.